The SMILES string of the molecule is CC(C)(C)OC(=O)N1C=C(CC(N)=O)N2CC=CC(N)=C12. The lowest BCUT2D eigenvalue weighted by Gasteiger charge is -2.29. The fourth-order valence-electron chi connectivity index (χ4n) is 2.17. The van der Waals surface area contributed by atoms with Gasteiger partial charge in [0.25, 0.3) is 0 Å². The van der Waals surface area contributed by atoms with Crippen LogP contribution in [0.25, 0.3) is 0 Å². The number of rotatable bonds is 2. The minimum Gasteiger partial charge on any atom is -0.443 e. The maximum Gasteiger partial charge on any atom is 0.420 e. The van der Waals surface area contributed by atoms with Gasteiger partial charge in [0.15, 0.2) is 0 Å². The number of ether oxygens (including phenoxy) is 1. The van der Waals surface area contributed by atoms with Crippen LogP contribution in [0.1, 0.15) is 27.2 Å². The zero-order valence-electron chi connectivity index (χ0n) is 12.4. The van der Waals surface area contributed by atoms with Crippen molar-refractivity contribution in [3.8, 4) is 0 Å². The molecule has 0 aromatic carbocycles. The Kier molecular flexibility index (Phi) is 3.67. The van der Waals surface area contributed by atoms with E-state index in [1.807, 2.05) is 6.08 Å². The van der Waals surface area contributed by atoms with Crippen LogP contribution in [0.3, 0.4) is 0 Å². The van der Waals surface area contributed by atoms with E-state index in [2.05, 4.69) is 0 Å². The third kappa shape index (κ3) is 3.18. The van der Waals surface area contributed by atoms with Crippen LogP contribution in [0.4, 0.5) is 4.79 Å². The number of hydrogen-bond acceptors (Lipinski definition) is 5. The summed E-state index contributed by atoms with van der Waals surface area (Å²) in [7, 11) is 0. The quantitative estimate of drug-likeness (QED) is 0.789. The van der Waals surface area contributed by atoms with Gasteiger partial charge < -0.3 is 21.1 Å². The summed E-state index contributed by atoms with van der Waals surface area (Å²) >= 11 is 0. The van der Waals surface area contributed by atoms with Crippen molar-refractivity contribution in [3.63, 3.8) is 0 Å². The molecule has 7 nitrogen and oxygen atoms in total. The van der Waals surface area contributed by atoms with Gasteiger partial charge in [-0.05, 0) is 26.8 Å². The Labute approximate surface area is 123 Å². The smallest absolute Gasteiger partial charge is 0.420 e. The average Bonchev–Trinajstić information content (AvgIpc) is 2.67. The third-order valence-electron chi connectivity index (χ3n) is 2.90. The van der Waals surface area contributed by atoms with Crippen LogP contribution >= 0.6 is 0 Å². The molecule has 0 unspecified atom stereocenters. The number of nitrogens with zero attached hydrogens (tertiary/aromatic N) is 2. The van der Waals surface area contributed by atoms with E-state index in [0.717, 1.165) is 0 Å². The standard InChI is InChI=1S/C14H20N4O3/c1-14(2,3)21-13(20)18-8-9(7-11(16)19)17-6-4-5-10(15)12(17)18/h4-5,8H,6-7,15H2,1-3H3,(H2,16,19). The Morgan fingerprint density at radius 2 is 2.05 bits per heavy atom. The summed E-state index contributed by atoms with van der Waals surface area (Å²) in [6.45, 7) is 5.87. The Morgan fingerprint density at radius 1 is 1.38 bits per heavy atom. The number of allylic oxidation sites excluding steroid dienone is 1. The van der Waals surface area contributed by atoms with E-state index < -0.39 is 17.6 Å². The first-order valence-corrected chi connectivity index (χ1v) is 6.64. The van der Waals surface area contributed by atoms with Gasteiger partial charge in [0.1, 0.15) is 11.4 Å². The number of hydrogen-bond donors (Lipinski definition) is 2. The van der Waals surface area contributed by atoms with E-state index in [9.17, 15) is 9.59 Å². The molecule has 2 aliphatic heterocycles. The van der Waals surface area contributed by atoms with Crippen molar-refractivity contribution in [2.75, 3.05) is 6.54 Å². The predicted molar refractivity (Wildman–Crippen MR) is 77.0 cm³/mol. The van der Waals surface area contributed by atoms with E-state index in [0.29, 0.717) is 23.8 Å². The highest BCUT2D eigenvalue weighted by Crippen LogP contribution is 2.32. The van der Waals surface area contributed by atoms with Gasteiger partial charge in [-0.2, -0.15) is 0 Å². The fourth-order valence-corrected chi connectivity index (χ4v) is 2.17. The molecule has 0 saturated heterocycles. The summed E-state index contributed by atoms with van der Waals surface area (Å²) in [4.78, 5) is 26.6. The van der Waals surface area contributed by atoms with E-state index in [-0.39, 0.29) is 6.42 Å². The zero-order chi connectivity index (χ0) is 15.8. The van der Waals surface area contributed by atoms with Crippen molar-refractivity contribution in [1.82, 2.24) is 9.80 Å². The molecule has 0 radical (unpaired) electrons. The number of primary amides is 1. The number of fused-ring (bicyclic) bond motifs is 1. The fraction of sp³-hybridized carbons (Fsp3) is 0.429. The van der Waals surface area contributed by atoms with Crippen molar-refractivity contribution in [1.29, 1.82) is 0 Å². The number of amides is 2. The van der Waals surface area contributed by atoms with Gasteiger partial charge in [-0.1, -0.05) is 6.08 Å². The molecule has 0 saturated carbocycles. The minimum absolute atomic E-state index is 0.0317. The molecule has 114 valence electrons. The maximum absolute atomic E-state index is 12.3. The summed E-state index contributed by atoms with van der Waals surface area (Å²) in [5.74, 6) is 0.0303. The highest BCUT2D eigenvalue weighted by atomic mass is 16.6. The maximum atomic E-state index is 12.3. The van der Waals surface area contributed by atoms with Crippen LogP contribution < -0.4 is 11.5 Å². The van der Waals surface area contributed by atoms with Gasteiger partial charge in [-0.3, -0.25) is 4.79 Å². The monoisotopic (exact) mass is 292 g/mol. The molecule has 21 heavy (non-hydrogen) atoms. The summed E-state index contributed by atoms with van der Waals surface area (Å²) in [6, 6.07) is 0. The molecule has 2 amide bonds. The molecule has 0 spiro atoms. The molecule has 0 aromatic heterocycles. The van der Waals surface area contributed by atoms with Gasteiger partial charge in [-0.15, -0.1) is 0 Å². The molecule has 0 aromatic rings. The predicted octanol–water partition coefficient (Wildman–Crippen LogP) is 0.954. The first-order chi connectivity index (χ1) is 9.69. The second kappa shape index (κ2) is 5.16. The molecular weight excluding hydrogens is 272 g/mol. The summed E-state index contributed by atoms with van der Waals surface area (Å²) in [5.41, 5.74) is 11.6. The molecular formula is C14H20N4O3. The van der Waals surface area contributed by atoms with Crippen LogP contribution in [-0.4, -0.2) is 33.9 Å². The lowest BCUT2D eigenvalue weighted by molar-refractivity contribution is -0.117. The second-order valence-corrected chi connectivity index (χ2v) is 5.91. The van der Waals surface area contributed by atoms with Crippen LogP contribution in [0.15, 0.2) is 35.6 Å². The van der Waals surface area contributed by atoms with E-state index in [4.69, 9.17) is 16.2 Å². The van der Waals surface area contributed by atoms with Crippen molar-refractivity contribution in [3.05, 3.63) is 35.6 Å². The number of carbonyl (C=O) groups excluding carboxylic acids is 2. The average molecular weight is 292 g/mol. The molecule has 0 bridgehead atoms. The van der Waals surface area contributed by atoms with Gasteiger partial charge in [-0.25, -0.2) is 9.69 Å². The van der Waals surface area contributed by atoms with Gasteiger partial charge in [0.05, 0.1) is 12.1 Å². The Hall–Kier alpha value is -2.44. The van der Waals surface area contributed by atoms with E-state index >= 15 is 0 Å². The van der Waals surface area contributed by atoms with Crippen molar-refractivity contribution < 1.29 is 14.3 Å². The highest BCUT2D eigenvalue weighted by molar-refractivity contribution is 5.78. The largest absolute Gasteiger partial charge is 0.443 e. The molecule has 2 aliphatic rings. The van der Waals surface area contributed by atoms with Crippen molar-refractivity contribution >= 4 is 12.0 Å². The highest BCUT2D eigenvalue weighted by Gasteiger charge is 2.36. The van der Waals surface area contributed by atoms with Crippen LogP contribution in [-0.2, 0) is 9.53 Å². The van der Waals surface area contributed by atoms with Crippen molar-refractivity contribution in [2.24, 2.45) is 11.5 Å². The lowest BCUT2D eigenvalue weighted by Crippen LogP contribution is -2.37. The molecule has 0 atom stereocenters. The molecule has 7 heteroatoms. The summed E-state index contributed by atoms with van der Waals surface area (Å²) in [5, 5.41) is 0. The first kappa shape index (κ1) is 15.0. The number of nitrogens with two attached hydrogens (primary N) is 2. The van der Waals surface area contributed by atoms with Crippen molar-refractivity contribution in [2.45, 2.75) is 32.8 Å². The van der Waals surface area contributed by atoms with Gasteiger partial charge >= 0.3 is 6.09 Å². The lowest BCUT2D eigenvalue weighted by atomic mass is 10.2. The number of carbonyl (C=O) groups is 2. The summed E-state index contributed by atoms with van der Waals surface area (Å²) in [6.07, 6.45) is 4.62. The molecule has 0 aliphatic carbocycles. The van der Waals surface area contributed by atoms with Crippen LogP contribution in [0, 0.1) is 0 Å². The Balaban J connectivity index is 2.33. The third-order valence-corrected chi connectivity index (χ3v) is 2.90. The second-order valence-electron chi connectivity index (χ2n) is 5.91. The topological polar surface area (TPSA) is 102 Å². The Morgan fingerprint density at radius 3 is 2.62 bits per heavy atom. The Bertz CT molecular complexity index is 569. The van der Waals surface area contributed by atoms with Crippen LogP contribution in [0.2, 0.25) is 0 Å². The minimum atomic E-state index is -0.623. The molecule has 2 rings (SSSR count). The summed E-state index contributed by atoms with van der Waals surface area (Å²) < 4.78 is 5.36. The first-order valence-electron chi connectivity index (χ1n) is 6.64. The van der Waals surface area contributed by atoms with Crippen LogP contribution in [0.5, 0.6) is 0 Å². The molecule has 2 heterocycles. The molecule has 0 fully saturated rings. The van der Waals surface area contributed by atoms with Gasteiger partial charge in [0.2, 0.25) is 5.91 Å². The van der Waals surface area contributed by atoms with E-state index in [1.165, 1.54) is 4.90 Å². The normalized spacial score (nSPS) is 17.8. The molecule has 4 N–H and O–H groups in total. The van der Waals surface area contributed by atoms with Gasteiger partial charge in [0, 0.05) is 18.4 Å². The van der Waals surface area contributed by atoms with E-state index in [1.54, 1.807) is 37.9 Å². The zero-order valence-corrected chi connectivity index (χ0v) is 12.4.